The normalized spacial score (nSPS) is 39.3. The Morgan fingerprint density at radius 3 is 0.466 bits per heavy atom. The third-order valence-corrected chi connectivity index (χ3v) is 28.3. The van der Waals surface area contributed by atoms with Crippen LogP contribution in [0.15, 0.2) is 0 Å². The van der Waals surface area contributed by atoms with E-state index in [1.807, 2.05) is 6.92 Å². The fourth-order valence-corrected chi connectivity index (χ4v) is 21.0. The summed E-state index contributed by atoms with van der Waals surface area (Å²) in [7, 11) is 0. The van der Waals surface area contributed by atoms with Gasteiger partial charge in [-0.25, -0.2) is 0 Å². The molecular weight excluding hydrogens is 2020 g/mol. The minimum atomic E-state index is -2.27. The largest absolute Gasteiger partial charge is 1.00 e. The van der Waals surface area contributed by atoms with Gasteiger partial charge in [0.2, 0.25) is 0 Å². The summed E-state index contributed by atoms with van der Waals surface area (Å²) in [6, 6.07) is 0. The van der Waals surface area contributed by atoms with Crippen LogP contribution in [-0.4, -0.2) is 462 Å². The van der Waals surface area contributed by atoms with E-state index in [0.29, 0.717) is 12.2 Å². The van der Waals surface area contributed by atoms with Crippen LogP contribution in [-0.2, 0) is 124 Å². The first-order valence-corrected chi connectivity index (χ1v) is 48.4. The molecule has 0 radical (unpaired) electrons. The van der Waals surface area contributed by atoms with Crippen molar-refractivity contribution in [1.29, 1.82) is 0 Å². The van der Waals surface area contributed by atoms with Crippen LogP contribution in [0.2, 0.25) is 0 Å². The van der Waals surface area contributed by atoms with Crippen molar-refractivity contribution in [2.24, 2.45) is 0 Å². The molecule has 16 N–H and O–H groups in total. The van der Waals surface area contributed by atoms with Gasteiger partial charge in [-0.3, -0.25) is 0 Å². The van der Waals surface area contributed by atoms with Gasteiger partial charge in [0.15, 0.2) is 50.3 Å². The Morgan fingerprint density at radius 2 is 0.353 bits per heavy atom. The molecule has 0 aromatic rings. The number of rotatable bonds is 33. The summed E-state index contributed by atoms with van der Waals surface area (Å²) in [6.45, 7) is 13.5. The van der Waals surface area contributed by atoms with E-state index in [1.165, 1.54) is 35.3 Å². The minimum Gasteiger partial charge on any atom is -0.550 e. The van der Waals surface area contributed by atoms with E-state index in [4.69, 9.17) is 105 Å². The van der Waals surface area contributed by atoms with Crippen molar-refractivity contribution in [3.05, 3.63) is 20.8 Å². The molecule has 0 spiro atoms. The number of aliphatic hydroxyl groups is 16. The van der Waals surface area contributed by atoms with E-state index in [2.05, 4.69) is 20.8 Å². The number of ether oxygens (including phenoxy) is 16. The maximum atomic E-state index is 12.2. The van der Waals surface area contributed by atoms with Crippen molar-refractivity contribution in [1.82, 2.24) is 0 Å². The second kappa shape index (κ2) is 73.7. The molecule has 0 aliphatic carbocycles. The van der Waals surface area contributed by atoms with Crippen LogP contribution in [0, 0.1) is 20.8 Å². The molecule has 0 saturated carbocycles. The smallest absolute Gasteiger partial charge is 0.550 e. The first kappa shape index (κ1) is 140. The summed E-state index contributed by atoms with van der Waals surface area (Å²) in [5.74, 6) is -7.04. The predicted molar refractivity (Wildman–Crippen MR) is 423 cm³/mol. The van der Waals surface area contributed by atoms with Crippen LogP contribution in [0.1, 0.15) is 39.0 Å². The second-order valence-corrected chi connectivity index (χ2v) is 38.0. The van der Waals surface area contributed by atoms with Crippen LogP contribution < -0.4 is 227 Å². The number of hydrogen-bond donors (Lipinski definition) is 16. The molecule has 30 saturated heterocycles. The SMILES string of the molecule is O=C=O.O=C=O.O=C=O.[CH2-]CSC[C@H]1O[C@@H]2OC3[C@@H](CSC[CH2-])O[C@H](OC4[C@@H](CSCCC(=O)[O-])O[C@H](OC5[C@@H](CSCCC(=O)[O-])O[C@H](OC6[C@@H](CSCCC(=O)[O-])O[C@H](OC7[C@@H](CSCCC(=O)[O-])O[C@H](OC8[C@@H](CSCCC)O[C@H](OC9[C@@H](CSC[CH2-])O[C@H](OC1[C@H](O)[C@H]2O)[C@H](O)[C@H]9O)[C@H](O)[C@H]8O)[C@H](O)[C@H]7O)[C@H](O)[C@H]6O)[C@H](O)[C@H]5O)[C@H](O)[C@H]4O)[C@H](O)[C@H]3O.[Na+].[Na+].[Na+].[Na+].[Na+].[Na+].[Na+]. The second-order valence-electron chi connectivity index (χ2n) is 28.8. The molecule has 0 aromatic carbocycles. The number of hydrogen-bond acceptors (Lipinski definition) is 54. The molecule has 0 amide bonds. The molecule has 30 aliphatic heterocycles. The zero-order valence-electron chi connectivity index (χ0n) is 74.2. The van der Waals surface area contributed by atoms with Crippen molar-refractivity contribution in [2.45, 2.75) is 285 Å². The number of carbonyl (C=O) groups is 4. The first-order valence-electron chi connectivity index (χ1n) is 39.2. The third kappa shape index (κ3) is 42.4. The van der Waals surface area contributed by atoms with Crippen LogP contribution in [0.3, 0.4) is 0 Å². The number of aliphatic carboxylic acids is 4. The molecule has 8 unspecified atom stereocenters. The number of thioether (sulfide) groups is 8. The van der Waals surface area contributed by atoms with Crippen molar-refractivity contribution >= 4 is 136 Å². The van der Waals surface area contributed by atoms with Gasteiger partial charge in [-0.1, -0.05) is 6.92 Å². The van der Waals surface area contributed by atoms with Gasteiger partial charge in [-0.2, -0.15) is 123 Å². The van der Waals surface area contributed by atoms with E-state index in [9.17, 15) is 121 Å². The van der Waals surface area contributed by atoms with E-state index in [1.54, 1.807) is 0 Å². The third-order valence-electron chi connectivity index (χ3n) is 20.3. The van der Waals surface area contributed by atoms with Gasteiger partial charge in [0.1, 0.15) is 146 Å². The van der Waals surface area contributed by atoms with E-state index in [0.717, 1.165) is 58.8 Å². The summed E-state index contributed by atoms with van der Waals surface area (Å²) in [4.78, 5) is 95.3. The minimum absolute atomic E-state index is 0. The van der Waals surface area contributed by atoms with Crippen LogP contribution in [0.5, 0.6) is 0 Å². The van der Waals surface area contributed by atoms with Crippen molar-refractivity contribution in [3.63, 3.8) is 0 Å². The molecule has 30 heterocycles. The average Bonchev–Trinajstić information content (AvgIpc) is 0.772. The predicted octanol–water partition coefficient (Wildman–Crippen LogP) is -33.7. The molecular formula is C72H107Na7O46S8. The first-order chi connectivity index (χ1) is 60.1. The Morgan fingerprint density at radius 1 is 0.233 bits per heavy atom. The van der Waals surface area contributed by atoms with Gasteiger partial charge in [0, 0.05) is 69.9 Å². The summed E-state index contributed by atoms with van der Waals surface area (Å²) in [6.07, 6.45) is -76.5. The van der Waals surface area contributed by atoms with E-state index >= 15 is 0 Å². The molecule has 16 bridgehead atoms. The summed E-state index contributed by atoms with van der Waals surface area (Å²) in [5.41, 5.74) is 0. The average molecular weight is 2130 g/mol. The number of carboxylic acids is 4. The molecule has 30 aliphatic rings. The topological polar surface area (TPSA) is 734 Å². The Kier molecular flexibility index (Phi) is 77.3. The molecule has 30 fully saturated rings. The number of carboxylic acid groups (broad SMARTS) is 4. The van der Waals surface area contributed by atoms with Gasteiger partial charge >= 0.3 is 225 Å². The molecule has 726 valence electrons. The van der Waals surface area contributed by atoms with Crippen molar-refractivity contribution in [2.75, 3.05) is 92.0 Å². The molecule has 46 nitrogen and oxygen atoms in total. The van der Waals surface area contributed by atoms with Crippen LogP contribution in [0.4, 0.5) is 0 Å². The summed E-state index contributed by atoms with van der Waals surface area (Å²) >= 11 is 8.36. The molecule has 40 atom stereocenters. The standard InChI is InChI=1S/C69H111O40S8.3CO2.7Na/c1-5-13-113-21-29-57-41(81)49(89)65(97-29)104-56-28(20-112-8-4)95-63(47(87)39(56)79)102-54-26(18-110-6-2)94-62(46(86)38(54)78)103-55-27(19-111-7-3)96-64(48(88)40(55)80)106-58-30(22-114-14-9-34(70)71)99-67(51(91)42(58)82)108-60-32(24-116-16-11-36(74)75)101-69(53(93)44(60)84)109-61-33(25-117-17-12-37(76)77)100-68(52(92)45(61)85)107-59-31(23-115-15-10-35(72)73)98-66(105-57)50(90)43(59)83;3*2-1-3;;;;;;;/h26-33,38-69,78-93H,2-25H2,1H3,(H,70,71)(H,72,73)(H,74,75)(H,76,77);;;;;;;;;;/q-3;;;;7*+1/p-4/t26-,27-,28-,29-,30-,31-,32-,33-,38-,39-,40-,41-,42-,43-,44-,45-,46-,47-,48-,49-,50-,51-,52-,53-,54?,55?,56?,57?,58?,59?,60?,61?,62-,63-,64-,65-,66-,67-,68-,69-;;;;;;;;;;/m1........../s1. The van der Waals surface area contributed by atoms with Gasteiger partial charge < -0.3 is 218 Å². The quantitative estimate of drug-likeness (QED) is 0.0165. The van der Waals surface area contributed by atoms with Gasteiger partial charge in [-0.15, -0.1) is 17.3 Å². The Hall–Kier alpha value is 4.54. The summed E-state index contributed by atoms with van der Waals surface area (Å²) < 4.78 is 101. The van der Waals surface area contributed by atoms with Crippen molar-refractivity contribution < 1.29 is 433 Å². The van der Waals surface area contributed by atoms with Crippen LogP contribution in [0.25, 0.3) is 0 Å². The maximum absolute atomic E-state index is 12.2. The van der Waals surface area contributed by atoms with Crippen LogP contribution >= 0.6 is 94.1 Å². The number of carbonyl (C=O) groups excluding carboxylic acids is 10. The summed E-state index contributed by atoms with van der Waals surface area (Å²) in [5, 5.41) is 240. The fourth-order valence-electron chi connectivity index (χ4n) is 14.2. The fraction of sp³-hybridized carbons (Fsp3) is 0.861. The van der Waals surface area contributed by atoms with Gasteiger partial charge in [0.05, 0.1) is 48.8 Å². The Bertz CT molecular complexity index is 3310. The molecule has 61 heteroatoms. The zero-order chi connectivity index (χ0) is 93.3. The Labute approximate surface area is 954 Å². The number of aliphatic hydroxyl groups excluding tert-OH is 16. The van der Waals surface area contributed by atoms with E-state index in [-0.39, 0.29) is 312 Å². The molecule has 0 aromatic heterocycles. The zero-order valence-corrected chi connectivity index (χ0v) is 94.8. The van der Waals surface area contributed by atoms with Gasteiger partial charge in [0.25, 0.3) is 0 Å². The molecule has 30 rings (SSSR count). The van der Waals surface area contributed by atoms with E-state index < -0.39 is 295 Å². The maximum Gasteiger partial charge on any atom is 1.00 e. The Balaban J connectivity index is 0. The van der Waals surface area contributed by atoms with Gasteiger partial charge in [-0.05, 0) is 60.9 Å². The monoisotopic (exact) mass is 2120 g/mol. The van der Waals surface area contributed by atoms with Crippen molar-refractivity contribution in [3.8, 4) is 0 Å². The molecule has 133 heavy (non-hydrogen) atoms.